The average molecular weight is 1550 g/mol. The Hall–Kier alpha value is -12.8. The molecule has 49 heteroatoms. The van der Waals surface area contributed by atoms with Gasteiger partial charge in [0.05, 0.1) is 64.4 Å². The number of amides is 23. The molecule has 2 heterocycles. The monoisotopic (exact) mass is 1550 g/mol. The van der Waals surface area contributed by atoms with Crippen LogP contribution < -0.4 is 120 Å². The molecule has 0 aliphatic carbocycles. The third-order valence-corrected chi connectivity index (χ3v) is 15.7. The van der Waals surface area contributed by atoms with Crippen LogP contribution in [0.3, 0.4) is 0 Å². The first-order chi connectivity index (χ1) is 50.9. The van der Waals surface area contributed by atoms with Gasteiger partial charge in [0.15, 0.2) is 0 Å². The van der Waals surface area contributed by atoms with Crippen molar-refractivity contribution in [2.24, 2.45) is 40.1 Å². The molecule has 30 N–H and O–H groups in total. The van der Waals surface area contributed by atoms with Gasteiger partial charge in [0.25, 0.3) is 0 Å². The second kappa shape index (κ2) is 45.6. The smallest absolute Gasteiger partial charge is 0.322 e. The van der Waals surface area contributed by atoms with Gasteiger partial charge in [-0.05, 0) is 66.2 Å². The normalized spacial score (nSPS) is 16.2. The number of nitrogens with one attached hydrogen (secondary N) is 15. The van der Waals surface area contributed by atoms with Crippen LogP contribution in [0.4, 0.5) is 0 Å². The lowest BCUT2D eigenvalue weighted by Gasteiger charge is -2.29. The fraction of sp³-hybridized carbons (Fsp3) is 0.600. The summed E-state index contributed by atoms with van der Waals surface area (Å²) in [7, 11) is 0. The Morgan fingerprint density at radius 3 is 0.917 bits per heavy atom. The molecule has 2 saturated heterocycles. The van der Waals surface area contributed by atoms with Crippen molar-refractivity contribution < 1.29 is 120 Å². The highest BCUT2D eigenvalue weighted by molar-refractivity contribution is 6.02. The van der Waals surface area contributed by atoms with E-state index in [-0.39, 0.29) is 32.4 Å². The summed E-state index contributed by atoms with van der Waals surface area (Å²) in [4.78, 5) is 307. The van der Waals surface area contributed by atoms with Crippen LogP contribution in [0.1, 0.15) is 105 Å². The average Bonchev–Trinajstić information content (AvgIpc) is 1.73. The van der Waals surface area contributed by atoms with Crippen LogP contribution >= 0.6 is 0 Å². The van der Waals surface area contributed by atoms with Gasteiger partial charge < -0.3 is 135 Å². The van der Waals surface area contributed by atoms with Crippen molar-refractivity contribution in [2.75, 3.05) is 52.4 Å². The van der Waals surface area contributed by atoms with Crippen molar-refractivity contribution in [3.8, 4) is 0 Å². The van der Waals surface area contributed by atoms with Gasteiger partial charge in [-0.25, -0.2) is 0 Å². The van der Waals surface area contributed by atoms with E-state index in [1.54, 1.807) is 0 Å². The number of nitrogens with zero attached hydrogens (tertiary/aromatic N) is 2. The first kappa shape index (κ1) is 92.3. The van der Waals surface area contributed by atoms with Crippen LogP contribution in [0.5, 0.6) is 0 Å². The van der Waals surface area contributed by atoms with Gasteiger partial charge in [-0.15, -0.1) is 0 Å². The van der Waals surface area contributed by atoms with E-state index in [1.807, 2.05) is 0 Å². The van der Waals surface area contributed by atoms with Gasteiger partial charge in [0, 0.05) is 25.9 Å². The van der Waals surface area contributed by atoms with Crippen LogP contribution in [0.2, 0.25) is 0 Å². The summed E-state index contributed by atoms with van der Waals surface area (Å²) in [6, 6.07) is -18.1. The number of rotatable bonds is 47. The van der Waals surface area contributed by atoms with Gasteiger partial charge >= 0.3 is 5.97 Å². The zero-order valence-electron chi connectivity index (χ0n) is 59.8. The Labute approximate surface area is 619 Å². The van der Waals surface area contributed by atoms with Crippen molar-refractivity contribution in [1.29, 1.82) is 0 Å². The second-order valence-corrected chi connectivity index (χ2v) is 24.9. The lowest BCUT2D eigenvalue weighted by molar-refractivity contribution is -0.143. The molecule has 2 fully saturated rings. The third kappa shape index (κ3) is 34.4. The SMILES string of the molecule is C[C@H](N)C(=O)N[C@@H](CC(N)=O)C(=O)NCC(=O)N[C@@H](C)C(=O)NCC(=O)N[C@@H](CC(N)=O)C(=O)N[C@@H](CCC(N)=O)C(=O)N1CCC[C@H]1C(=O)NCC(=O)N[C@@H](C)C(=O)N[C@@H](CC(N)=O)C(=O)NCC(=O)N[C@@H](C)C(=O)NCC(=O)N[C@@H](CC(N)=O)C(=O)N[C@@H](CCC(N)=O)C(=O)N1CCC[C@H]1C(=O)NCC(=O)O. The van der Waals surface area contributed by atoms with E-state index in [0.29, 0.717) is 6.42 Å². The molecular weight excluding hydrogens is 1460 g/mol. The summed E-state index contributed by atoms with van der Waals surface area (Å²) in [5, 5.41) is 41.9. The number of carbonyl (C=O) groups is 24. The molecule has 23 amide bonds. The van der Waals surface area contributed by atoms with Gasteiger partial charge in [0.1, 0.15) is 73.0 Å². The molecule has 0 bridgehead atoms. The molecule has 0 aromatic rings. The molecule has 0 unspecified atom stereocenters. The molecule has 0 saturated carbocycles. The number of hydrogen-bond donors (Lipinski definition) is 23. The van der Waals surface area contributed by atoms with Crippen molar-refractivity contribution >= 4 is 142 Å². The number of carboxylic acid groups (broad SMARTS) is 1. The van der Waals surface area contributed by atoms with Crippen LogP contribution in [-0.4, -0.2) is 282 Å². The molecule has 12 atom stereocenters. The molecule has 0 radical (unpaired) electrons. The summed E-state index contributed by atoms with van der Waals surface area (Å²) in [6.07, 6.45) is -4.64. The Bertz CT molecular complexity index is 3500. The summed E-state index contributed by atoms with van der Waals surface area (Å²) in [6.45, 7) is -0.522. The van der Waals surface area contributed by atoms with E-state index in [9.17, 15) is 115 Å². The number of aliphatic carboxylic acids is 1. The number of primary amides is 6. The fourth-order valence-electron chi connectivity index (χ4n) is 10.2. The van der Waals surface area contributed by atoms with E-state index < -0.39 is 305 Å². The first-order valence-corrected chi connectivity index (χ1v) is 33.5. The van der Waals surface area contributed by atoms with E-state index in [4.69, 9.17) is 45.2 Å². The van der Waals surface area contributed by atoms with E-state index >= 15 is 0 Å². The number of nitrogens with two attached hydrogens (primary N) is 7. The lowest BCUT2D eigenvalue weighted by Crippen LogP contribution is -2.58. The van der Waals surface area contributed by atoms with Gasteiger partial charge in [-0.2, -0.15) is 0 Å². The quantitative estimate of drug-likeness (QED) is 0.0269. The van der Waals surface area contributed by atoms with Gasteiger partial charge in [-0.3, -0.25) is 115 Å². The minimum absolute atomic E-state index is 0.0141. The zero-order chi connectivity index (χ0) is 82.7. The highest BCUT2D eigenvalue weighted by Crippen LogP contribution is 2.22. The second-order valence-electron chi connectivity index (χ2n) is 24.9. The summed E-state index contributed by atoms with van der Waals surface area (Å²) in [5.41, 5.74) is 37.2. The number of carboxylic acids is 1. The molecule has 109 heavy (non-hydrogen) atoms. The highest BCUT2D eigenvalue weighted by atomic mass is 16.4. The van der Waals surface area contributed by atoms with Crippen LogP contribution in [-0.2, 0) is 115 Å². The molecule has 49 nitrogen and oxygen atoms in total. The lowest BCUT2D eigenvalue weighted by atomic mass is 10.1. The molecule has 0 aromatic carbocycles. The van der Waals surface area contributed by atoms with Crippen molar-refractivity contribution in [3.05, 3.63) is 0 Å². The Balaban J connectivity index is 2.01. The number of likely N-dealkylation sites (tertiary alicyclic amines) is 2. The standard InChI is InChI=1S/C60H94N24O25/c1-25(61)49(98)81-31(15-39(64)87)53(102)70-19-43(91)74-26(2)50(99)68-22-46(94)77-33(17-41(66)89)55(104)79-29(9-11-37(62)85)59(108)83-13-5-7-35(83)57(106)72-21-45(93)76-28(4)52(101)82-32(16-40(65)88)54(103)71-20-44(92)75-27(3)51(100)69-23-47(95)78-34(18-42(67)90)56(105)80-30(10-12-38(63)86)60(109)84-14-6-8-36(84)58(107)73-24-48(96)97/h25-36H,5-24,61H2,1-4H3,(H2,62,85)(H2,63,86)(H2,64,87)(H2,65,88)(H2,66,89)(H2,67,90)(H,68,99)(H,69,100)(H,70,102)(H,71,103)(H,72,106)(H,73,107)(H,74,91)(H,75,92)(H,76,93)(H,77,94)(H,78,95)(H,79,104)(H,80,105)(H,81,98)(H,82,101)(H,96,97)/t25-,26-,27-,28-,29-,30-,31-,32-,33-,34-,35-,36-/m0/s1. The Kier molecular flexibility index (Phi) is 38.6. The van der Waals surface area contributed by atoms with Crippen LogP contribution in [0.15, 0.2) is 0 Å². The summed E-state index contributed by atoms with van der Waals surface area (Å²) < 4.78 is 0. The maximum absolute atomic E-state index is 14.1. The Morgan fingerprint density at radius 1 is 0.330 bits per heavy atom. The fourth-order valence-corrected chi connectivity index (χ4v) is 10.2. The first-order valence-electron chi connectivity index (χ1n) is 33.5. The van der Waals surface area contributed by atoms with Gasteiger partial charge in [0.2, 0.25) is 136 Å². The van der Waals surface area contributed by atoms with E-state index in [1.165, 1.54) is 13.8 Å². The highest BCUT2D eigenvalue weighted by Gasteiger charge is 2.41. The van der Waals surface area contributed by atoms with Crippen LogP contribution in [0.25, 0.3) is 0 Å². The van der Waals surface area contributed by atoms with Crippen molar-refractivity contribution in [3.63, 3.8) is 0 Å². The summed E-state index contributed by atoms with van der Waals surface area (Å²) in [5.74, 6) is -25.0. The Morgan fingerprint density at radius 2 is 0.606 bits per heavy atom. The third-order valence-electron chi connectivity index (χ3n) is 15.7. The maximum Gasteiger partial charge on any atom is 0.322 e. The van der Waals surface area contributed by atoms with Crippen molar-refractivity contribution in [2.45, 2.75) is 177 Å². The zero-order valence-corrected chi connectivity index (χ0v) is 59.8. The molecule has 2 aliphatic heterocycles. The predicted molar refractivity (Wildman–Crippen MR) is 365 cm³/mol. The van der Waals surface area contributed by atoms with Gasteiger partial charge in [-0.1, -0.05) is 0 Å². The molecule has 604 valence electrons. The molecule has 0 spiro atoms. The number of hydrogen-bond acceptors (Lipinski definition) is 25. The topological polar surface area (TPSA) is 799 Å². The molecule has 0 aromatic heterocycles. The van der Waals surface area contributed by atoms with E-state index in [0.717, 1.165) is 23.6 Å². The molecular formula is C60H94N24O25. The predicted octanol–water partition coefficient (Wildman–Crippen LogP) is -16.4. The summed E-state index contributed by atoms with van der Waals surface area (Å²) >= 11 is 0. The molecule has 2 aliphatic rings. The maximum atomic E-state index is 14.1. The molecule has 2 rings (SSSR count). The van der Waals surface area contributed by atoms with Crippen LogP contribution in [0, 0.1) is 0 Å². The minimum Gasteiger partial charge on any atom is -0.480 e. The largest absolute Gasteiger partial charge is 0.480 e. The number of carbonyl (C=O) groups excluding carboxylic acids is 23. The van der Waals surface area contributed by atoms with Crippen molar-refractivity contribution in [1.82, 2.24) is 89.6 Å². The minimum atomic E-state index is -1.84. The van der Waals surface area contributed by atoms with E-state index in [2.05, 4.69) is 79.8 Å².